The van der Waals surface area contributed by atoms with E-state index in [-0.39, 0.29) is 5.78 Å². The molecule has 2 aliphatic carbocycles. The molecule has 0 aromatic heterocycles. The number of Topliss-reactive ketones (excluding diaryl/α,β-unsaturated/α-hetero) is 2. The first-order valence-corrected chi connectivity index (χ1v) is 8.60. The second-order valence-corrected chi connectivity index (χ2v) is 8.08. The SMILES string of the molecule is C/C1=C\CC(=O)/C(C)=C/[C@H]2[C@H](CC[C@@H](C)CC(=O)C1)C2(C)C. The summed E-state index contributed by atoms with van der Waals surface area (Å²) in [6.07, 6.45) is 8.01. The van der Waals surface area contributed by atoms with Gasteiger partial charge in [-0.15, -0.1) is 0 Å². The van der Waals surface area contributed by atoms with Gasteiger partial charge < -0.3 is 0 Å². The van der Waals surface area contributed by atoms with Gasteiger partial charge in [-0.05, 0) is 55.4 Å². The van der Waals surface area contributed by atoms with Crippen LogP contribution in [0.4, 0.5) is 0 Å². The molecule has 0 aromatic carbocycles. The van der Waals surface area contributed by atoms with Crippen molar-refractivity contribution in [3.05, 3.63) is 23.3 Å². The van der Waals surface area contributed by atoms with Gasteiger partial charge in [-0.2, -0.15) is 0 Å². The van der Waals surface area contributed by atoms with E-state index < -0.39 is 0 Å². The lowest BCUT2D eigenvalue weighted by Gasteiger charge is -2.11. The van der Waals surface area contributed by atoms with E-state index >= 15 is 0 Å². The Morgan fingerprint density at radius 3 is 2.50 bits per heavy atom. The van der Waals surface area contributed by atoms with Crippen LogP contribution in [0, 0.1) is 23.2 Å². The van der Waals surface area contributed by atoms with Crippen molar-refractivity contribution in [1.82, 2.24) is 0 Å². The minimum atomic E-state index is 0.193. The quantitative estimate of drug-likeness (QED) is 0.597. The van der Waals surface area contributed by atoms with Crippen molar-refractivity contribution in [2.24, 2.45) is 23.2 Å². The van der Waals surface area contributed by atoms with E-state index in [4.69, 9.17) is 0 Å². The van der Waals surface area contributed by atoms with E-state index in [1.165, 1.54) is 6.42 Å². The highest BCUT2D eigenvalue weighted by molar-refractivity contribution is 5.96. The molecule has 3 atom stereocenters. The van der Waals surface area contributed by atoms with E-state index in [0.717, 1.165) is 17.6 Å². The number of allylic oxidation sites excluding steroid dienone is 4. The van der Waals surface area contributed by atoms with Crippen LogP contribution in [0.5, 0.6) is 0 Å². The first kappa shape index (κ1) is 17.2. The summed E-state index contributed by atoms with van der Waals surface area (Å²) in [6, 6.07) is 0. The first-order chi connectivity index (χ1) is 10.2. The topological polar surface area (TPSA) is 34.1 Å². The zero-order valence-electron chi connectivity index (χ0n) is 14.7. The fourth-order valence-electron chi connectivity index (χ4n) is 3.87. The predicted molar refractivity (Wildman–Crippen MR) is 90.5 cm³/mol. The Kier molecular flexibility index (Phi) is 5.09. The maximum Gasteiger partial charge on any atom is 0.162 e. The lowest BCUT2D eigenvalue weighted by molar-refractivity contribution is -0.119. The van der Waals surface area contributed by atoms with Crippen LogP contribution in [0.25, 0.3) is 0 Å². The maximum absolute atomic E-state index is 12.2. The summed E-state index contributed by atoms with van der Waals surface area (Å²) in [5.74, 6) is 2.15. The molecular formula is C20H30O2. The van der Waals surface area contributed by atoms with Crippen molar-refractivity contribution < 1.29 is 9.59 Å². The van der Waals surface area contributed by atoms with Gasteiger partial charge in [-0.25, -0.2) is 0 Å². The van der Waals surface area contributed by atoms with Crippen LogP contribution < -0.4 is 0 Å². The van der Waals surface area contributed by atoms with Gasteiger partial charge in [0.05, 0.1) is 0 Å². The molecule has 0 bridgehead atoms. The van der Waals surface area contributed by atoms with Crippen LogP contribution in [-0.2, 0) is 9.59 Å². The van der Waals surface area contributed by atoms with Crippen molar-refractivity contribution in [2.45, 2.75) is 66.7 Å². The van der Waals surface area contributed by atoms with Crippen molar-refractivity contribution in [1.29, 1.82) is 0 Å². The average Bonchev–Trinajstić information content (AvgIpc) is 2.92. The summed E-state index contributed by atoms with van der Waals surface area (Å²) in [4.78, 5) is 24.3. The third-order valence-corrected chi connectivity index (χ3v) is 5.67. The summed E-state index contributed by atoms with van der Waals surface area (Å²) < 4.78 is 0. The van der Waals surface area contributed by atoms with E-state index in [1.807, 2.05) is 19.9 Å². The van der Waals surface area contributed by atoms with Gasteiger partial charge in [0.15, 0.2) is 5.78 Å². The molecule has 0 amide bonds. The van der Waals surface area contributed by atoms with Crippen LogP contribution >= 0.6 is 0 Å². The third-order valence-electron chi connectivity index (χ3n) is 5.67. The first-order valence-electron chi connectivity index (χ1n) is 8.60. The van der Waals surface area contributed by atoms with Crippen LogP contribution in [0.3, 0.4) is 0 Å². The second kappa shape index (κ2) is 6.52. The molecular weight excluding hydrogens is 272 g/mol. The fraction of sp³-hybridized carbons (Fsp3) is 0.700. The van der Waals surface area contributed by atoms with Crippen LogP contribution in [0.1, 0.15) is 66.7 Å². The molecule has 2 aliphatic rings. The Bertz CT molecular complexity index is 522. The van der Waals surface area contributed by atoms with Crippen molar-refractivity contribution in [3.8, 4) is 0 Å². The molecule has 0 saturated heterocycles. The molecule has 0 aliphatic heterocycles. The third kappa shape index (κ3) is 3.97. The Morgan fingerprint density at radius 2 is 1.82 bits per heavy atom. The van der Waals surface area contributed by atoms with E-state index in [9.17, 15) is 9.59 Å². The molecule has 22 heavy (non-hydrogen) atoms. The summed E-state index contributed by atoms with van der Waals surface area (Å²) in [5, 5.41) is 0. The minimum Gasteiger partial charge on any atom is -0.299 e. The summed E-state index contributed by atoms with van der Waals surface area (Å²) in [6.45, 7) is 10.7. The van der Waals surface area contributed by atoms with Crippen LogP contribution in [-0.4, -0.2) is 11.6 Å². The summed E-state index contributed by atoms with van der Waals surface area (Å²) >= 11 is 0. The van der Waals surface area contributed by atoms with Crippen molar-refractivity contribution in [2.75, 3.05) is 0 Å². The molecule has 2 rings (SSSR count). The zero-order chi connectivity index (χ0) is 16.5. The van der Waals surface area contributed by atoms with Gasteiger partial charge in [-0.1, -0.05) is 38.5 Å². The van der Waals surface area contributed by atoms with Crippen LogP contribution in [0.2, 0.25) is 0 Å². The molecule has 2 heteroatoms. The monoisotopic (exact) mass is 302 g/mol. The average molecular weight is 302 g/mol. The van der Waals surface area contributed by atoms with Gasteiger partial charge in [0.25, 0.3) is 0 Å². The Hall–Kier alpha value is -1.18. The van der Waals surface area contributed by atoms with Crippen molar-refractivity contribution >= 4 is 11.6 Å². The van der Waals surface area contributed by atoms with E-state index in [2.05, 4.69) is 26.8 Å². The molecule has 0 aromatic rings. The second-order valence-electron chi connectivity index (χ2n) is 8.08. The molecule has 0 heterocycles. The number of carbonyl (C=O) groups excluding carboxylic acids is 2. The molecule has 0 N–H and O–H groups in total. The minimum absolute atomic E-state index is 0.193. The molecule has 122 valence electrons. The standard InChI is InChI=1S/C20H30O2/c1-13-6-8-17-18(20(17,4)5)12-15(3)19(22)9-7-14(2)11-16(21)10-13/h7,12-13,17-18H,6,8-11H2,1-5H3/b14-7+,15-12+/t13-,17+,18+/m1/s1. The molecule has 1 fully saturated rings. The Morgan fingerprint density at radius 1 is 1.14 bits per heavy atom. The molecule has 0 spiro atoms. The number of hydrogen-bond donors (Lipinski definition) is 0. The fourth-order valence-corrected chi connectivity index (χ4v) is 3.87. The van der Waals surface area contributed by atoms with Crippen LogP contribution in [0.15, 0.2) is 23.3 Å². The zero-order valence-corrected chi connectivity index (χ0v) is 14.7. The van der Waals surface area contributed by atoms with Gasteiger partial charge in [-0.3, -0.25) is 9.59 Å². The normalized spacial score (nSPS) is 38.1. The van der Waals surface area contributed by atoms with Gasteiger partial charge in [0.2, 0.25) is 0 Å². The predicted octanol–water partition coefficient (Wildman–Crippen LogP) is 4.89. The number of carbonyl (C=O) groups is 2. The lowest BCUT2D eigenvalue weighted by atomic mass is 9.93. The summed E-state index contributed by atoms with van der Waals surface area (Å²) in [5.41, 5.74) is 2.22. The number of fused-ring (bicyclic) bond motifs is 1. The lowest BCUT2D eigenvalue weighted by Crippen LogP contribution is -2.07. The van der Waals surface area contributed by atoms with E-state index in [0.29, 0.717) is 48.2 Å². The summed E-state index contributed by atoms with van der Waals surface area (Å²) in [7, 11) is 0. The highest BCUT2D eigenvalue weighted by Crippen LogP contribution is 2.61. The van der Waals surface area contributed by atoms with Gasteiger partial charge in [0.1, 0.15) is 5.78 Å². The van der Waals surface area contributed by atoms with Gasteiger partial charge in [0, 0.05) is 19.3 Å². The Labute approximate surface area is 135 Å². The highest BCUT2D eigenvalue weighted by Gasteiger charge is 2.55. The number of ketones is 2. The number of hydrogen-bond acceptors (Lipinski definition) is 2. The van der Waals surface area contributed by atoms with Gasteiger partial charge >= 0.3 is 0 Å². The van der Waals surface area contributed by atoms with Crippen molar-refractivity contribution in [3.63, 3.8) is 0 Å². The molecule has 0 unspecified atom stereocenters. The smallest absolute Gasteiger partial charge is 0.162 e. The Balaban J connectivity index is 2.18. The molecule has 0 radical (unpaired) electrons. The number of rotatable bonds is 0. The largest absolute Gasteiger partial charge is 0.299 e. The van der Waals surface area contributed by atoms with E-state index in [1.54, 1.807) is 0 Å². The molecule has 1 saturated carbocycles. The molecule has 2 nitrogen and oxygen atoms in total. The maximum atomic E-state index is 12.2. The highest BCUT2D eigenvalue weighted by atomic mass is 16.1.